The van der Waals surface area contributed by atoms with Crippen LogP contribution in [0.5, 0.6) is 11.5 Å². The lowest BCUT2D eigenvalue weighted by molar-refractivity contribution is 0.468. The van der Waals surface area contributed by atoms with Crippen LogP contribution in [-0.4, -0.2) is 10.2 Å². The van der Waals surface area contributed by atoms with Crippen molar-refractivity contribution < 1.29 is 10.2 Å². The van der Waals surface area contributed by atoms with Crippen LogP contribution in [0.4, 0.5) is 0 Å². The van der Waals surface area contributed by atoms with Gasteiger partial charge >= 0.3 is 0 Å². The number of hydrogen-bond donors (Lipinski definition) is 2. The predicted octanol–water partition coefficient (Wildman–Crippen LogP) is 2.69. The van der Waals surface area contributed by atoms with Gasteiger partial charge in [-0.25, -0.2) is 0 Å². The molecule has 0 bridgehead atoms. The van der Waals surface area contributed by atoms with Crippen molar-refractivity contribution in [3.05, 3.63) is 59.7 Å². The molecule has 0 spiro atoms. The summed E-state index contributed by atoms with van der Waals surface area (Å²) in [6.07, 6.45) is 0.626. The van der Waals surface area contributed by atoms with E-state index in [4.69, 9.17) is 0 Å². The number of aromatic hydroxyl groups is 2. The summed E-state index contributed by atoms with van der Waals surface area (Å²) < 4.78 is 0. The molecule has 0 saturated carbocycles. The highest BCUT2D eigenvalue weighted by molar-refractivity contribution is 5.38. The molecule has 0 atom stereocenters. The molecule has 0 aliphatic carbocycles. The zero-order valence-corrected chi connectivity index (χ0v) is 8.22. The molecular weight excluding hydrogens is 188 g/mol. The molecule has 2 heteroatoms. The van der Waals surface area contributed by atoms with Gasteiger partial charge in [0.05, 0.1) is 0 Å². The Kier molecular flexibility index (Phi) is 2.59. The Hall–Kier alpha value is -1.96. The fourth-order valence-corrected chi connectivity index (χ4v) is 1.55. The summed E-state index contributed by atoms with van der Waals surface area (Å²) in [4.78, 5) is 0. The van der Waals surface area contributed by atoms with Crippen molar-refractivity contribution in [1.29, 1.82) is 0 Å². The molecule has 15 heavy (non-hydrogen) atoms. The first-order chi connectivity index (χ1) is 7.25. The van der Waals surface area contributed by atoms with E-state index in [0.29, 0.717) is 12.2 Å². The molecule has 0 radical (unpaired) electrons. The van der Waals surface area contributed by atoms with E-state index < -0.39 is 0 Å². The van der Waals surface area contributed by atoms with Crippen LogP contribution in [0.15, 0.2) is 48.5 Å². The lowest BCUT2D eigenvalue weighted by Crippen LogP contribution is -1.87. The van der Waals surface area contributed by atoms with Gasteiger partial charge in [0.15, 0.2) is 0 Å². The van der Waals surface area contributed by atoms with Gasteiger partial charge in [-0.2, -0.15) is 0 Å². The van der Waals surface area contributed by atoms with Gasteiger partial charge in [0.1, 0.15) is 11.5 Å². The number of rotatable bonds is 2. The SMILES string of the molecule is Oc1cccc(Cc2ccccc2O)c1. The van der Waals surface area contributed by atoms with Crippen molar-refractivity contribution in [2.75, 3.05) is 0 Å². The van der Waals surface area contributed by atoms with Crippen molar-refractivity contribution in [1.82, 2.24) is 0 Å². The van der Waals surface area contributed by atoms with E-state index in [2.05, 4.69) is 0 Å². The minimum atomic E-state index is 0.253. The van der Waals surface area contributed by atoms with Gasteiger partial charge in [-0.15, -0.1) is 0 Å². The summed E-state index contributed by atoms with van der Waals surface area (Å²) in [6, 6.07) is 14.3. The maximum atomic E-state index is 9.58. The quantitative estimate of drug-likeness (QED) is 0.782. The second kappa shape index (κ2) is 4.05. The van der Waals surface area contributed by atoms with E-state index in [1.165, 1.54) is 0 Å². The first-order valence-electron chi connectivity index (χ1n) is 4.80. The summed E-state index contributed by atoms with van der Waals surface area (Å²) in [5, 5.41) is 18.9. The Bertz CT molecular complexity index is 464. The van der Waals surface area contributed by atoms with Gasteiger partial charge in [0, 0.05) is 6.42 Å². The van der Waals surface area contributed by atoms with E-state index >= 15 is 0 Å². The summed E-state index contributed by atoms with van der Waals surface area (Å²) in [7, 11) is 0. The molecule has 0 amide bonds. The van der Waals surface area contributed by atoms with Gasteiger partial charge in [-0.1, -0.05) is 30.3 Å². The van der Waals surface area contributed by atoms with Crippen LogP contribution in [0.2, 0.25) is 0 Å². The number of para-hydroxylation sites is 1. The van der Waals surface area contributed by atoms with Crippen LogP contribution in [0.25, 0.3) is 0 Å². The molecule has 0 aromatic heterocycles. The standard InChI is InChI=1S/C13H12O2/c14-12-6-3-4-10(9-12)8-11-5-1-2-7-13(11)15/h1-7,9,14-15H,8H2. The lowest BCUT2D eigenvalue weighted by atomic mass is 10.0. The fourth-order valence-electron chi connectivity index (χ4n) is 1.55. The largest absolute Gasteiger partial charge is 0.508 e. The highest BCUT2D eigenvalue weighted by atomic mass is 16.3. The summed E-state index contributed by atoms with van der Waals surface area (Å²) in [6.45, 7) is 0. The Balaban J connectivity index is 2.26. The van der Waals surface area contributed by atoms with E-state index in [9.17, 15) is 10.2 Å². The number of hydrogen-bond acceptors (Lipinski definition) is 2. The van der Waals surface area contributed by atoms with Crippen LogP contribution in [0, 0.1) is 0 Å². The van der Waals surface area contributed by atoms with Crippen molar-refractivity contribution in [3.8, 4) is 11.5 Å². The molecule has 2 aromatic rings. The topological polar surface area (TPSA) is 40.5 Å². The Morgan fingerprint density at radius 2 is 1.67 bits per heavy atom. The second-order valence-electron chi connectivity index (χ2n) is 3.48. The average molecular weight is 200 g/mol. The second-order valence-corrected chi connectivity index (χ2v) is 3.48. The van der Waals surface area contributed by atoms with Crippen LogP contribution in [-0.2, 0) is 6.42 Å². The minimum Gasteiger partial charge on any atom is -0.508 e. The highest BCUT2D eigenvalue weighted by Gasteiger charge is 2.01. The Morgan fingerprint density at radius 3 is 2.40 bits per heavy atom. The normalized spacial score (nSPS) is 10.1. The Morgan fingerprint density at radius 1 is 0.867 bits per heavy atom. The zero-order valence-electron chi connectivity index (χ0n) is 8.22. The third-order valence-electron chi connectivity index (χ3n) is 2.30. The maximum Gasteiger partial charge on any atom is 0.119 e. The monoisotopic (exact) mass is 200 g/mol. The van der Waals surface area contributed by atoms with Gasteiger partial charge in [-0.3, -0.25) is 0 Å². The first kappa shape index (κ1) is 9.59. The maximum absolute atomic E-state index is 9.58. The summed E-state index contributed by atoms with van der Waals surface area (Å²) >= 11 is 0. The van der Waals surface area contributed by atoms with E-state index in [-0.39, 0.29) is 5.75 Å². The molecule has 2 aromatic carbocycles. The molecule has 0 aliphatic rings. The molecule has 2 N–H and O–H groups in total. The van der Waals surface area contributed by atoms with Gasteiger partial charge in [-0.05, 0) is 29.3 Å². The first-order valence-corrected chi connectivity index (χ1v) is 4.80. The molecule has 0 aliphatic heterocycles. The van der Waals surface area contributed by atoms with E-state index in [1.807, 2.05) is 18.2 Å². The van der Waals surface area contributed by atoms with Crippen LogP contribution < -0.4 is 0 Å². The molecule has 2 rings (SSSR count). The van der Waals surface area contributed by atoms with Crippen molar-refractivity contribution >= 4 is 0 Å². The number of phenols is 2. The molecular formula is C13H12O2. The smallest absolute Gasteiger partial charge is 0.119 e. The van der Waals surface area contributed by atoms with Gasteiger partial charge in [0.25, 0.3) is 0 Å². The molecule has 0 fully saturated rings. The summed E-state index contributed by atoms with van der Waals surface area (Å²) in [5.41, 5.74) is 1.85. The zero-order chi connectivity index (χ0) is 10.7. The van der Waals surface area contributed by atoms with Crippen molar-refractivity contribution in [2.45, 2.75) is 6.42 Å². The van der Waals surface area contributed by atoms with Crippen LogP contribution >= 0.6 is 0 Å². The average Bonchev–Trinajstić information content (AvgIpc) is 2.22. The number of phenolic OH excluding ortho intramolecular Hbond substituents is 2. The number of benzene rings is 2. The van der Waals surface area contributed by atoms with Crippen LogP contribution in [0.1, 0.15) is 11.1 Å². The lowest BCUT2D eigenvalue weighted by Gasteiger charge is -2.04. The predicted molar refractivity (Wildman–Crippen MR) is 59.0 cm³/mol. The third kappa shape index (κ3) is 2.29. The van der Waals surface area contributed by atoms with Gasteiger partial charge in [0.2, 0.25) is 0 Å². The van der Waals surface area contributed by atoms with Crippen molar-refractivity contribution in [3.63, 3.8) is 0 Å². The van der Waals surface area contributed by atoms with Gasteiger partial charge < -0.3 is 10.2 Å². The molecule has 0 unspecified atom stereocenters. The fraction of sp³-hybridized carbons (Fsp3) is 0.0769. The minimum absolute atomic E-state index is 0.253. The van der Waals surface area contributed by atoms with E-state index in [1.54, 1.807) is 30.3 Å². The highest BCUT2D eigenvalue weighted by Crippen LogP contribution is 2.21. The molecule has 2 nitrogen and oxygen atoms in total. The van der Waals surface area contributed by atoms with E-state index in [0.717, 1.165) is 11.1 Å². The molecule has 76 valence electrons. The molecule has 0 heterocycles. The Labute approximate surface area is 88.4 Å². The van der Waals surface area contributed by atoms with Crippen molar-refractivity contribution in [2.24, 2.45) is 0 Å². The summed E-state index contributed by atoms with van der Waals surface area (Å²) in [5.74, 6) is 0.545. The third-order valence-corrected chi connectivity index (χ3v) is 2.30. The molecule has 0 saturated heterocycles. The van der Waals surface area contributed by atoms with Crippen LogP contribution in [0.3, 0.4) is 0 Å².